The second-order valence-corrected chi connectivity index (χ2v) is 4.96. The van der Waals surface area contributed by atoms with Gasteiger partial charge in [0.1, 0.15) is 0 Å². The number of hydrogen-bond acceptors (Lipinski definition) is 3. The van der Waals surface area contributed by atoms with Crippen LogP contribution in [0.2, 0.25) is 0 Å². The van der Waals surface area contributed by atoms with Crippen molar-refractivity contribution in [1.82, 2.24) is 4.90 Å². The average Bonchev–Trinajstić information content (AvgIpc) is 2.52. The average molecular weight is 283 g/mol. The van der Waals surface area contributed by atoms with Crippen molar-refractivity contribution in [2.24, 2.45) is 0 Å². The molecule has 3 heteroatoms. The third-order valence-electron chi connectivity index (χ3n) is 3.26. The highest BCUT2D eigenvalue weighted by Crippen LogP contribution is 2.04. The number of carbonyl (C=O) groups is 1. The van der Waals surface area contributed by atoms with Gasteiger partial charge in [-0.05, 0) is 25.3 Å². The number of morpholine rings is 1. The first kappa shape index (κ1) is 15.3. The van der Waals surface area contributed by atoms with Crippen LogP contribution in [0.25, 0.3) is 0 Å². The van der Waals surface area contributed by atoms with Crippen LogP contribution in [0.15, 0.2) is 60.8 Å². The summed E-state index contributed by atoms with van der Waals surface area (Å²) in [6.45, 7) is 5.46. The topological polar surface area (TPSA) is 29.5 Å². The fraction of sp³-hybridized carbons (Fsp3) is 0.278. The van der Waals surface area contributed by atoms with Crippen LogP contribution in [0.4, 0.5) is 0 Å². The number of benzene rings is 1. The summed E-state index contributed by atoms with van der Waals surface area (Å²) in [5.41, 5.74) is 1.87. The molecule has 0 unspecified atom stereocenters. The van der Waals surface area contributed by atoms with E-state index in [-0.39, 0.29) is 5.78 Å². The Balaban J connectivity index is 1.78. The third-order valence-corrected chi connectivity index (χ3v) is 3.26. The van der Waals surface area contributed by atoms with Crippen molar-refractivity contribution < 1.29 is 9.53 Å². The second kappa shape index (κ2) is 8.22. The molecule has 1 aromatic carbocycles. The normalized spacial score (nSPS) is 16.3. The Hall–Kier alpha value is -2.13. The molecule has 110 valence electrons. The zero-order valence-corrected chi connectivity index (χ0v) is 12.4. The first-order chi connectivity index (χ1) is 10.3. The van der Waals surface area contributed by atoms with E-state index in [0.29, 0.717) is 5.56 Å². The van der Waals surface area contributed by atoms with Crippen LogP contribution in [0, 0.1) is 6.92 Å². The summed E-state index contributed by atoms with van der Waals surface area (Å²) in [6.07, 6.45) is 11.2. The van der Waals surface area contributed by atoms with Crippen molar-refractivity contribution in [3.05, 3.63) is 72.0 Å². The predicted octanol–water partition coefficient (Wildman–Crippen LogP) is 3.14. The summed E-state index contributed by atoms with van der Waals surface area (Å²) >= 11 is 0. The van der Waals surface area contributed by atoms with Gasteiger partial charge in [0.25, 0.3) is 0 Å². The van der Waals surface area contributed by atoms with Crippen LogP contribution >= 0.6 is 0 Å². The molecule has 1 aliphatic heterocycles. The fourth-order valence-electron chi connectivity index (χ4n) is 1.98. The molecule has 0 amide bonds. The van der Waals surface area contributed by atoms with Crippen LogP contribution in [-0.4, -0.2) is 37.0 Å². The maximum absolute atomic E-state index is 11.9. The molecule has 0 saturated carbocycles. The minimum Gasteiger partial charge on any atom is -0.378 e. The molecule has 0 N–H and O–H groups in total. The summed E-state index contributed by atoms with van der Waals surface area (Å²) < 4.78 is 5.28. The molecule has 1 aliphatic rings. The summed E-state index contributed by atoms with van der Waals surface area (Å²) in [5.74, 6) is 0.0248. The third kappa shape index (κ3) is 5.40. The molecule has 1 fully saturated rings. The SMILES string of the molecule is Cc1ccc(C(=O)/C=C/C=C/C=C/N2CCOCC2)cc1. The summed E-state index contributed by atoms with van der Waals surface area (Å²) in [5, 5.41) is 0. The lowest BCUT2D eigenvalue weighted by molar-refractivity contribution is 0.0594. The van der Waals surface area contributed by atoms with Crippen molar-refractivity contribution in [2.75, 3.05) is 26.3 Å². The minimum atomic E-state index is 0.0248. The molecule has 21 heavy (non-hydrogen) atoms. The summed E-state index contributed by atoms with van der Waals surface area (Å²) in [4.78, 5) is 14.1. The van der Waals surface area contributed by atoms with Gasteiger partial charge in [-0.3, -0.25) is 4.79 Å². The maximum atomic E-state index is 11.9. The van der Waals surface area contributed by atoms with Crippen molar-refractivity contribution in [3.63, 3.8) is 0 Å². The molecule has 3 nitrogen and oxygen atoms in total. The van der Waals surface area contributed by atoms with E-state index in [1.165, 1.54) is 0 Å². The van der Waals surface area contributed by atoms with Gasteiger partial charge in [-0.15, -0.1) is 0 Å². The van der Waals surface area contributed by atoms with Crippen LogP contribution in [-0.2, 0) is 4.74 Å². The van der Waals surface area contributed by atoms with Gasteiger partial charge in [0, 0.05) is 18.7 Å². The van der Waals surface area contributed by atoms with Gasteiger partial charge in [-0.25, -0.2) is 0 Å². The molecule has 0 aromatic heterocycles. The van der Waals surface area contributed by atoms with Crippen LogP contribution < -0.4 is 0 Å². The van der Waals surface area contributed by atoms with Crippen molar-refractivity contribution in [2.45, 2.75) is 6.92 Å². The number of ether oxygens (including phenoxy) is 1. The standard InChI is InChI=1S/C18H21NO2/c1-16-7-9-17(10-8-16)18(20)6-4-2-3-5-11-19-12-14-21-15-13-19/h2-11H,12-15H2,1H3/b3-2+,6-4+,11-5+. The number of aryl methyl sites for hydroxylation is 1. The lowest BCUT2D eigenvalue weighted by atomic mass is 10.1. The van der Waals surface area contributed by atoms with E-state index >= 15 is 0 Å². The van der Waals surface area contributed by atoms with Crippen molar-refractivity contribution in [3.8, 4) is 0 Å². The van der Waals surface area contributed by atoms with Crippen LogP contribution in [0.1, 0.15) is 15.9 Å². The Bertz CT molecular complexity index is 535. The number of carbonyl (C=O) groups excluding carboxylic acids is 1. The zero-order valence-electron chi connectivity index (χ0n) is 12.4. The first-order valence-corrected chi connectivity index (χ1v) is 7.20. The van der Waals surface area contributed by atoms with E-state index in [1.807, 2.05) is 49.4 Å². The molecule has 1 heterocycles. The zero-order chi connectivity index (χ0) is 14.9. The highest BCUT2D eigenvalue weighted by atomic mass is 16.5. The Morgan fingerprint density at radius 3 is 2.43 bits per heavy atom. The van der Waals surface area contributed by atoms with Crippen molar-refractivity contribution in [1.29, 1.82) is 0 Å². The molecule has 1 aromatic rings. The predicted molar refractivity (Wildman–Crippen MR) is 85.3 cm³/mol. The highest BCUT2D eigenvalue weighted by molar-refractivity contribution is 6.04. The molecule has 0 spiro atoms. The number of allylic oxidation sites excluding steroid dienone is 5. The van der Waals surface area contributed by atoms with Crippen LogP contribution in [0.3, 0.4) is 0 Å². The smallest absolute Gasteiger partial charge is 0.185 e. The quantitative estimate of drug-likeness (QED) is 0.472. The van der Waals surface area contributed by atoms with Gasteiger partial charge in [-0.1, -0.05) is 48.1 Å². The van der Waals surface area contributed by atoms with Gasteiger partial charge >= 0.3 is 0 Å². The Morgan fingerprint density at radius 1 is 1.05 bits per heavy atom. The van der Waals surface area contributed by atoms with Gasteiger partial charge < -0.3 is 9.64 Å². The van der Waals surface area contributed by atoms with E-state index in [0.717, 1.165) is 31.9 Å². The van der Waals surface area contributed by atoms with E-state index < -0.39 is 0 Å². The molecule has 2 rings (SSSR count). The van der Waals surface area contributed by atoms with Gasteiger partial charge in [-0.2, -0.15) is 0 Å². The minimum absolute atomic E-state index is 0.0248. The van der Waals surface area contributed by atoms with E-state index in [4.69, 9.17) is 4.74 Å². The molecular formula is C18H21NO2. The van der Waals surface area contributed by atoms with Gasteiger partial charge in [0.2, 0.25) is 0 Å². The molecular weight excluding hydrogens is 262 g/mol. The monoisotopic (exact) mass is 283 g/mol. The maximum Gasteiger partial charge on any atom is 0.185 e. The fourth-order valence-corrected chi connectivity index (χ4v) is 1.98. The Labute approximate surface area is 126 Å². The molecule has 0 aliphatic carbocycles. The van der Waals surface area contributed by atoms with E-state index in [9.17, 15) is 4.79 Å². The van der Waals surface area contributed by atoms with Gasteiger partial charge in [0.05, 0.1) is 13.2 Å². The summed E-state index contributed by atoms with van der Waals surface area (Å²) in [6, 6.07) is 7.60. The number of hydrogen-bond donors (Lipinski definition) is 0. The molecule has 0 bridgehead atoms. The van der Waals surface area contributed by atoms with Crippen LogP contribution in [0.5, 0.6) is 0 Å². The van der Waals surface area contributed by atoms with Crippen molar-refractivity contribution >= 4 is 5.78 Å². The number of nitrogens with zero attached hydrogens (tertiary/aromatic N) is 1. The first-order valence-electron chi connectivity index (χ1n) is 7.20. The highest BCUT2D eigenvalue weighted by Gasteiger charge is 2.04. The lowest BCUT2D eigenvalue weighted by Crippen LogP contribution is -2.31. The molecule has 0 radical (unpaired) electrons. The lowest BCUT2D eigenvalue weighted by Gasteiger charge is -2.24. The van der Waals surface area contributed by atoms with E-state index in [1.54, 1.807) is 12.2 Å². The summed E-state index contributed by atoms with van der Waals surface area (Å²) in [7, 11) is 0. The molecule has 0 atom stereocenters. The second-order valence-electron chi connectivity index (χ2n) is 4.96. The van der Waals surface area contributed by atoms with E-state index in [2.05, 4.69) is 11.1 Å². The number of ketones is 1. The van der Waals surface area contributed by atoms with Gasteiger partial charge in [0.15, 0.2) is 5.78 Å². The Kier molecular flexibility index (Phi) is 5.98. The molecule has 1 saturated heterocycles. The Morgan fingerprint density at radius 2 is 1.71 bits per heavy atom. The number of rotatable bonds is 5. The largest absolute Gasteiger partial charge is 0.378 e.